The van der Waals surface area contributed by atoms with Gasteiger partial charge in [-0.1, -0.05) is 60.7 Å². The molecule has 6 heteroatoms. The number of nitrogens with zero attached hydrogens (tertiary/aromatic N) is 2. The van der Waals surface area contributed by atoms with Crippen molar-refractivity contribution in [2.45, 2.75) is 37.8 Å². The number of carbonyl (C=O) groups excluding carboxylic acids is 1. The number of hydrogen-bond donors (Lipinski definition) is 2. The van der Waals surface area contributed by atoms with E-state index < -0.39 is 24.3 Å². The van der Waals surface area contributed by atoms with E-state index in [2.05, 4.69) is 4.90 Å². The Labute approximate surface area is 177 Å². The maximum Gasteiger partial charge on any atom is 0.191 e. The van der Waals surface area contributed by atoms with E-state index in [0.717, 1.165) is 31.6 Å². The van der Waals surface area contributed by atoms with Crippen molar-refractivity contribution in [3.63, 3.8) is 0 Å². The van der Waals surface area contributed by atoms with Gasteiger partial charge in [-0.05, 0) is 24.9 Å². The van der Waals surface area contributed by atoms with Crippen molar-refractivity contribution in [2.24, 2.45) is 0 Å². The zero-order valence-electron chi connectivity index (χ0n) is 17.2. The average molecular weight is 415 g/mol. The van der Waals surface area contributed by atoms with Crippen LogP contribution in [0, 0.1) is 0 Å². The maximum absolute atomic E-state index is 14.6. The minimum absolute atomic E-state index is 0.211. The molecule has 0 amide bonds. The average Bonchev–Trinajstić information content (AvgIpc) is 2.80. The van der Waals surface area contributed by atoms with Crippen LogP contribution in [0.25, 0.3) is 0 Å². The fraction of sp³-hybridized carbons (Fsp3) is 0.458. The van der Waals surface area contributed by atoms with E-state index in [1.54, 1.807) is 35.2 Å². The van der Waals surface area contributed by atoms with E-state index in [9.17, 15) is 19.4 Å². The van der Waals surface area contributed by atoms with Crippen LogP contribution in [-0.2, 0) is 0 Å². The molecular formula is C24H31FN2O3. The van der Waals surface area contributed by atoms with E-state index >= 15 is 0 Å². The molecule has 2 aromatic rings. The van der Waals surface area contributed by atoms with Crippen LogP contribution in [0.15, 0.2) is 60.7 Å². The summed E-state index contributed by atoms with van der Waals surface area (Å²) in [6.45, 7) is 3.47. The van der Waals surface area contributed by atoms with Crippen molar-refractivity contribution in [1.82, 2.24) is 9.80 Å². The molecule has 0 bridgehead atoms. The lowest BCUT2D eigenvalue weighted by atomic mass is 10.0. The number of aliphatic hydroxyl groups is 2. The Morgan fingerprint density at radius 2 is 1.53 bits per heavy atom. The molecule has 0 saturated carbocycles. The lowest BCUT2D eigenvalue weighted by molar-refractivity contribution is 0.00159. The van der Waals surface area contributed by atoms with Crippen LogP contribution in [0.1, 0.15) is 41.3 Å². The number of aliphatic hydroxyl groups excluding tert-OH is 2. The van der Waals surface area contributed by atoms with E-state index in [4.69, 9.17) is 0 Å². The molecule has 0 radical (unpaired) electrons. The van der Waals surface area contributed by atoms with Crippen LogP contribution in [0.4, 0.5) is 4.39 Å². The molecule has 1 saturated heterocycles. The predicted octanol–water partition coefficient (Wildman–Crippen LogP) is 3.05. The van der Waals surface area contributed by atoms with Gasteiger partial charge in [-0.3, -0.25) is 9.69 Å². The molecule has 3 rings (SSSR count). The summed E-state index contributed by atoms with van der Waals surface area (Å²) in [5.74, 6) is -0.436. The Bertz CT molecular complexity index is 767. The summed E-state index contributed by atoms with van der Waals surface area (Å²) in [7, 11) is 0. The van der Waals surface area contributed by atoms with E-state index in [0.29, 0.717) is 25.1 Å². The first-order valence-electron chi connectivity index (χ1n) is 10.7. The first-order chi connectivity index (χ1) is 14.5. The van der Waals surface area contributed by atoms with E-state index in [1.807, 2.05) is 30.3 Å². The third kappa shape index (κ3) is 6.44. The van der Waals surface area contributed by atoms with Gasteiger partial charge in [0.1, 0.15) is 6.10 Å². The Morgan fingerprint density at radius 1 is 0.933 bits per heavy atom. The summed E-state index contributed by atoms with van der Waals surface area (Å²) < 4.78 is 14.6. The Kier molecular flexibility index (Phi) is 8.51. The second-order valence-corrected chi connectivity index (χ2v) is 7.86. The normalized spacial score (nSPS) is 18.6. The first-order valence-corrected chi connectivity index (χ1v) is 10.7. The van der Waals surface area contributed by atoms with Crippen LogP contribution >= 0.6 is 0 Å². The Morgan fingerprint density at radius 3 is 2.17 bits per heavy atom. The summed E-state index contributed by atoms with van der Waals surface area (Å²) in [6.07, 6.45) is -1.76. The van der Waals surface area contributed by atoms with Gasteiger partial charge in [0.2, 0.25) is 0 Å². The first kappa shape index (κ1) is 22.6. The van der Waals surface area contributed by atoms with Crippen molar-refractivity contribution in [3.8, 4) is 0 Å². The van der Waals surface area contributed by atoms with Gasteiger partial charge < -0.3 is 15.1 Å². The zero-order chi connectivity index (χ0) is 21.3. The van der Waals surface area contributed by atoms with Gasteiger partial charge in [-0.15, -0.1) is 0 Å². The highest BCUT2D eigenvalue weighted by molar-refractivity contribution is 5.99. The number of benzene rings is 2. The monoisotopic (exact) mass is 414 g/mol. The highest BCUT2D eigenvalue weighted by Gasteiger charge is 2.28. The number of ketones is 1. The van der Waals surface area contributed by atoms with Gasteiger partial charge in [-0.25, -0.2) is 4.39 Å². The van der Waals surface area contributed by atoms with Crippen LogP contribution in [0.3, 0.4) is 0 Å². The highest BCUT2D eigenvalue weighted by atomic mass is 19.1. The van der Waals surface area contributed by atoms with Crippen molar-refractivity contribution in [1.29, 1.82) is 0 Å². The highest BCUT2D eigenvalue weighted by Crippen LogP contribution is 2.19. The largest absolute Gasteiger partial charge is 0.388 e. The molecular weight excluding hydrogens is 383 g/mol. The van der Waals surface area contributed by atoms with E-state index in [1.165, 1.54) is 0 Å². The van der Waals surface area contributed by atoms with E-state index in [-0.39, 0.29) is 6.42 Å². The van der Waals surface area contributed by atoms with Crippen LogP contribution < -0.4 is 0 Å². The molecule has 0 aliphatic carbocycles. The Hall–Kier alpha value is -2.12. The maximum atomic E-state index is 14.6. The quantitative estimate of drug-likeness (QED) is 0.462. The molecule has 30 heavy (non-hydrogen) atoms. The molecule has 1 aliphatic heterocycles. The molecule has 1 heterocycles. The fourth-order valence-electron chi connectivity index (χ4n) is 3.85. The molecule has 5 nitrogen and oxygen atoms in total. The summed E-state index contributed by atoms with van der Waals surface area (Å²) in [5, 5.41) is 20.4. The molecule has 162 valence electrons. The van der Waals surface area contributed by atoms with Gasteiger partial charge in [0.05, 0.1) is 6.10 Å². The SMILES string of the molecule is O=C(c1ccccc1)C(O)CC(F)N1CCN(CCCC(O)c2ccccc2)CC1. The minimum Gasteiger partial charge on any atom is -0.388 e. The number of carbonyl (C=O) groups is 1. The number of alkyl halides is 1. The van der Waals surface area contributed by atoms with Gasteiger partial charge in [-0.2, -0.15) is 0 Å². The molecule has 3 atom stereocenters. The minimum atomic E-state index is -1.34. The van der Waals surface area contributed by atoms with Crippen LogP contribution in [0.2, 0.25) is 0 Å². The second kappa shape index (κ2) is 11.3. The number of halogens is 1. The Balaban J connectivity index is 1.36. The molecule has 1 fully saturated rings. The van der Waals surface area contributed by atoms with Crippen molar-refractivity contribution < 1.29 is 19.4 Å². The molecule has 2 N–H and O–H groups in total. The molecule has 0 aromatic heterocycles. The van der Waals surface area contributed by atoms with Crippen molar-refractivity contribution in [2.75, 3.05) is 32.7 Å². The summed E-state index contributed by atoms with van der Waals surface area (Å²) in [4.78, 5) is 16.2. The van der Waals surface area contributed by atoms with Gasteiger partial charge in [0.15, 0.2) is 12.1 Å². The molecule has 0 spiro atoms. The standard InChI is InChI=1S/C24H31FN2O3/c25-23(18-22(29)24(30)20-10-5-2-6-11-20)27-16-14-26(15-17-27)13-7-12-21(28)19-8-3-1-4-9-19/h1-6,8-11,21-23,28-29H,7,12-18H2. The lowest BCUT2D eigenvalue weighted by Crippen LogP contribution is -2.50. The van der Waals surface area contributed by atoms with Gasteiger partial charge in [0, 0.05) is 38.2 Å². The summed E-state index contributed by atoms with van der Waals surface area (Å²) >= 11 is 0. The second-order valence-electron chi connectivity index (χ2n) is 7.86. The molecule has 2 aromatic carbocycles. The number of piperazine rings is 1. The van der Waals surface area contributed by atoms with Crippen LogP contribution in [-0.4, -0.2) is 70.9 Å². The molecule has 1 aliphatic rings. The fourth-order valence-corrected chi connectivity index (χ4v) is 3.85. The van der Waals surface area contributed by atoms with Crippen molar-refractivity contribution >= 4 is 5.78 Å². The third-order valence-electron chi connectivity index (χ3n) is 5.72. The summed E-state index contributed by atoms with van der Waals surface area (Å²) in [5.41, 5.74) is 1.34. The number of Topliss-reactive ketones (excluding diaryl/α,β-unsaturated/α-hetero) is 1. The lowest BCUT2D eigenvalue weighted by Gasteiger charge is -2.36. The van der Waals surface area contributed by atoms with Crippen LogP contribution in [0.5, 0.6) is 0 Å². The third-order valence-corrected chi connectivity index (χ3v) is 5.72. The molecule has 3 unspecified atom stereocenters. The smallest absolute Gasteiger partial charge is 0.191 e. The number of rotatable bonds is 10. The van der Waals surface area contributed by atoms with Gasteiger partial charge >= 0.3 is 0 Å². The summed E-state index contributed by atoms with van der Waals surface area (Å²) in [6, 6.07) is 18.2. The van der Waals surface area contributed by atoms with Crippen molar-refractivity contribution in [3.05, 3.63) is 71.8 Å². The number of hydrogen-bond acceptors (Lipinski definition) is 5. The predicted molar refractivity (Wildman–Crippen MR) is 115 cm³/mol. The topological polar surface area (TPSA) is 64.0 Å². The van der Waals surface area contributed by atoms with Gasteiger partial charge in [0.25, 0.3) is 0 Å². The zero-order valence-corrected chi connectivity index (χ0v) is 17.2.